The monoisotopic (exact) mass is 776 g/mol. The first kappa shape index (κ1) is 35.3. The van der Waals surface area contributed by atoms with Crippen LogP contribution >= 0.6 is 0 Å². The molecule has 12 rings (SSSR count). The third-order valence-electron chi connectivity index (χ3n) is 13.0. The molecule has 2 nitrogen and oxygen atoms in total. The smallest absolute Gasteiger partial charge is 0.161 e. The minimum absolute atomic E-state index is 0.162. The summed E-state index contributed by atoms with van der Waals surface area (Å²) in [6, 6.07) is 74.9. The van der Waals surface area contributed by atoms with Gasteiger partial charge in [-0.05, 0) is 118 Å². The molecule has 0 radical (unpaired) electrons. The van der Waals surface area contributed by atoms with Crippen molar-refractivity contribution in [3.8, 4) is 67.3 Å². The Labute approximate surface area is 355 Å². The van der Waals surface area contributed by atoms with Gasteiger partial charge in [0.1, 0.15) is 0 Å². The van der Waals surface area contributed by atoms with Gasteiger partial charge >= 0.3 is 0 Å². The number of aromatic nitrogens is 2. The van der Waals surface area contributed by atoms with Crippen LogP contribution in [0.5, 0.6) is 0 Å². The summed E-state index contributed by atoms with van der Waals surface area (Å²) in [6.45, 7) is 4.79. The topological polar surface area (TPSA) is 25.8 Å². The summed E-state index contributed by atoms with van der Waals surface area (Å²) in [6.07, 6.45) is 0. The molecule has 0 saturated heterocycles. The Balaban J connectivity index is 1.02. The molecule has 0 saturated carbocycles. The molecule has 1 aliphatic carbocycles. The quantitative estimate of drug-likeness (QED) is 0.174. The van der Waals surface area contributed by atoms with Gasteiger partial charge in [0, 0.05) is 22.1 Å². The first-order chi connectivity index (χ1) is 30.0. The molecular weight excluding hydrogens is 737 g/mol. The fourth-order valence-corrected chi connectivity index (χ4v) is 10.1. The van der Waals surface area contributed by atoms with Crippen LogP contribution < -0.4 is 0 Å². The van der Waals surface area contributed by atoms with Crippen molar-refractivity contribution >= 4 is 43.1 Å². The molecule has 10 aromatic carbocycles. The average molecular weight is 777 g/mol. The highest BCUT2D eigenvalue weighted by atomic mass is 14.9. The Morgan fingerprint density at radius 2 is 0.787 bits per heavy atom. The zero-order valence-electron chi connectivity index (χ0n) is 34.0. The number of rotatable bonds is 5. The van der Waals surface area contributed by atoms with E-state index in [1.54, 1.807) is 0 Å². The van der Waals surface area contributed by atoms with E-state index in [1.165, 1.54) is 82.2 Å². The second kappa shape index (κ2) is 13.7. The summed E-state index contributed by atoms with van der Waals surface area (Å²) in [4.78, 5) is 10.6. The minimum atomic E-state index is -0.162. The van der Waals surface area contributed by atoms with Crippen LogP contribution in [0, 0.1) is 0 Å². The number of benzene rings is 10. The molecular formula is C59H40N2. The average Bonchev–Trinajstić information content (AvgIpc) is 3.55. The standard InChI is InChI=1S/C59H40N2/c1-59(2)54-35-41-20-9-8-19-40(41)34-53(54)51-26-14-25-50(57(51)59)49-30-29-47(43-21-10-11-22-44(43)49)48-31-32-52(46-24-13-12-23-45(46)48)58-60-55(38-16-4-3-5-17-38)36-56(61-58)42-28-27-37-15-6-7-18-39(37)33-42/h3-36H,1-2H3. The van der Waals surface area contributed by atoms with Crippen molar-refractivity contribution in [1.29, 1.82) is 0 Å². The summed E-state index contributed by atoms with van der Waals surface area (Å²) in [5.74, 6) is 0.710. The highest BCUT2D eigenvalue weighted by molar-refractivity contribution is 6.12. The number of fused-ring (bicyclic) bond motifs is 7. The maximum absolute atomic E-state index is 5.31. The predicted molar refractivity (Wildman–Crippen MR) is 257 cm³/mol. The van der Waals surface area contributed by atoms with E-state index in [1.807, 2.05) is 6.07 Å². The summed E-state index contributed by atoms with van der Waals surface area (Å²) in [7, 11) is 0. The van der Waals surface area contributed by atoms with Gasteiger partial charge in [0.05, 0.1) is 11.4 Å². The maximum Gasteiger partial charge on any atom is 0.161 e. The van der Waals surface area contributed by atoms with E-state index in [-0.39, 0.29) is 5.41 Å². The molecule has 0 N–H and O–H groups in total. The fourth-order valence-electron chi connectivity index (χ4n) is 10.1. The lowest BCUT2D eigenvalue weighted by Crippen LogP contribution is -2.16. The van der Waals surface area contributed by atoms with Crippen LogP contribution in [0.4, 0.5) is 0 Å². The van der Waals surface area contributed by atoms with Gasteiger partial charge in [0.2, 0.25) is 0 Å². The summed E-state index contributed by atoms with van der Waals surface area (Å²) in [5.41, 5.74) is 15.2. The second-order valence-corrected chi connectivity index (χ2v) is 16.9. The normalized spacial score (nSPS) is 12.9. The van der Waals surface area contributed by atoms with Gasteiger partial charge in [0.15, 0.2) is 5.82 Å². The molecule has 0 aliphatic heterocycles. The van der Waals surface area contributed by atoms with Crippen molar-refractivity contribution in [2.75, 3.05) is 0 Å². The van der Waals surface area contributed by atoms with Crippen LogP contribution in [0.15, 0.2) is 206 Å². The van der Waals surface area contributed by atoms with E-state index in [9.17, 15) is 0 Å². The predicted octanol–water partition coefficient (Wildman–Crippen LogP) is 15.7. The van der Waals surface area contributed by atoms with Crippen molar-refractivity contribution < 1.29 is 0 Å². The summed E-state index contributed by atoms with van der Waals surface area (Å²) < 4.78 is 0. The van der Waals surface area contributed by atoms with Crippen molar-refractivity contribution in [3.63, 3.8) is 0 Å². The molecule has 1 aliphatic rings. The van der Waals surface area contributed by atoms with E-state index in [0.717, 1.165) is 33.5 Å². The summed E-state index contributed by atoms with van der Waals surface area (Å²) in [5, 5.41) is 9.74. The van der Waals surface area contributed by atoms with Crippen LogP contribution in [-0.4, -0.2) is 9.97 Å². The van der Waals surface area contributed by atoms with E-state index in [0.29, 0.717) is 5.82 Å². The lowest BCUT2D eigenvalue weighted by atomic mass is 9.77. The Morgan fingerprint density at radius 3 is 1.43 bits per heavy atom. The summed E-state index contributed by atoms with van der Waals surface area (Å²) >= 11 is 0. The molecule has 0 unspecified atom stereocenters. The molecule has 0 bridgehead atoms. The fraction of sp³-hybridized carbons (Fsp3) is 0.0508. The lowest BCUT2D eigenvalue weighted by molar-refractivity contribution is 0.663. The Hall–Kier alpha value is -7.68. The molecule has 286 valence electrons. The maximum atomic E-state index is 5.31. The highest BCUT2D eigenvalue weighted by Crippen LogP contribution is 2.54. The third-order valence-corrected chi connectivity index (χ3v) is 13.0. The van der Waals surface area contributed by atoms with Gasteiger partial charge in [0.25, 0.3) is 0 Å². The minimum Gasteiger partial charge on any atom is -0.228 e. The SMILES string of the molecule is CC1(C)c2cc3ccccc3cc2-c2cccc(-c3ccc(-c4ccc(-c5nc(-c6ccccc6)cc(-c6ccc7ccccc7c6)n5)c5ccccc45)c4ccccc34)c21. The van der Waals surface area contributed by atoms with Crippen LogP contribution in [0.2, 0.25) is 0 Å². The van der Waals surface area contributed by atoms with Gasteiger partial charge in [-0.15, -0.1) is 0 Å². The molecule has 2 heteroatoms. The third kappa shape index (κ3) is 5.64. The largest absolute Gasteiger partial charge is 0.228 e. The van der Waals surface area contributed by atoms with Gasteiger partial charge in [-0.1, -0.05) is 190 Å². The van der Waals surface area contributed by atoms with Crippen LogP contribution in [0.1, 0.15) is 25.0 Å². The molecule has 1 aromatic heterocycles. The van der Waals surface area contributed by atoms with E-state index < -0.39 is 0 Å². The van der Waals surface area contributed by atoms with Crippen molar-refractivity contribution in [3.05, 3.63) is 217 Å². The first-order valence-corrected chi connectivity index (χ1v) is 21.1. The first-order valence-electron chi connectivity index (χ1n) is 21.1. The van der Waals surface area contributed by atoms with Crippen molar-refractivity contribution in [2.45, 2.75) is 19.3 Å². The zero-order valence-corrected chi connectivity index (χ0v) is 34.0. The van der Waals surface area contributed by atoms with Gasteiger partial charge in [-0.2, -0.15) is 0 Å². The van der Waals surface area contributed by atoms with E-state index in [2.05, 4.69) is 214 Å². The zero-order chi connectivity index (χ0) is 40.7. The molecule has 0 atom stereocenters. The second-order valence-electron chi connectivity index (χ2n) is 16.9. The van der Waals surface area contributed by atoms with Gasteiger partial charge in [-0.25, -0.2) is 9.97 Å². The number of hydrogen-bond acceptors (Lipinski definition) is 2. The number of hydrogen-bond donors (Lipinski definition) is 0. The van der Waals surface area contributed by atoms with Crippen LogP contribution in [-0.2, 0) is 5.41 Å². The Kier molecular flexibility index (Phi) is 7.92. The van der Waals surface area contributed by atoms with Crippen molar-refractivity contribution in [1.82, 2.24) is 9.97 Å². The molecule has 11 aromatic rings. The van der Waals surface area contributed by atoms with Gasteiger partial charge in [-0.3, -0.25) is 0 Å². The lowest BCUT2D eigenvalue weighted by Gasteiger charge is -2.25. The molecule has 0 amide bonds. The molecule has 61 heavy (non-hydrogen) atoms. The van der Waals surface area contributed by atoms with E-state index >= 15 is 0 Å². The Bertz CT molecular complexity index is 3560. The Morgan fingerprint density at radius 1 is 0.311 bits per heavy atom. The van der Waals surface area contributed by atoms with Crippen LogP contribution in [0.25, 0.3) is 110 Å². The molecule has 1 heterocycles. The van der Waals surface area contributed by atoms with E-state index in [4.69, 9.17) is 9.97 Å². The van der Waals surface area contributed by atoms with Crippen LogP contribution in [0.3, 0.4) is 0 Å². The molecule has 0 fully saturated rings. The van der Waals surface area contributed by atoms with Crippen molar-refractivity contribution in [2.24, 2.45) is 0 Å². The molecule has 0 spiro atoms. The van der Waals surface area contributed by atoms with Gasteiger partial charge < -0.3 is 0 Å². The highest BCUT2D eigenvalue weighted by Gasteiger charge is 2.38. The number of nitrogens with zero attached hydrogens (tertiary/aromatic N) is 2.